The van der Waals surface area contributed by atoms with Crippen LogP contribution in [0.4, 0.5) is 0 Å². The van der Waals surface area contributed by atoms with E-state index in [0.717, 1.165) is 16.4 Å². The highest BCUT2D eigenvalue weighted by Gasteiger charge is 2.50. The highest BCUT2D eigenvalue weighted by Crippen LogP contribution is 2.36. The molecule has 0 amide bonds. The monoisotopic (exact) mass is 496 g/mol. The summed E-state index contributed by atoms with van der Waals surface area (Å²) in [6.07, 6.45) is -0.831. The van der Waals surface area contributed by atoms with Crippen molar-refractivity contribution in [2.75, 3.05) is 19.8 Å². The van der Waals surface area contributed by atoms with Crippen LogP contribution in [0.1, 0.15) is 27.7 Å². The molecule has 0 fully saturated rings. The summed E-state index contributed by atoms with van der Waals surface area (Å²) in [5.74, 6) is 5.86. The number of hydrogen-bond acceptors (Lipinski definition) is 4. The number of hydrogen-bond donors (Lipinski definition) is 0. The zero-order valence-corrected chi connectivity index (χ0v) is 23.8. The molecule has 0 bridgehead atoms. The summed E-state index contributed by atoms with van der Waals surface area (Å²) >= 11 is 0. The minimum Gasteiger partial charge on any atom is -0.464 e. The van der Waals surface area contributed by atoms with E-state index >= 15 is 0 Å². The molecule has 184 valence electrons. The van der Waals surface area contributed by atoms with Crippen LogP contribution in [0.5, 0.6) is 0 Å². The van der Waals surface area contributed by atoms with E-state index < -0.39 is 28.5 Å². The summed E-state index contributed by atoms with van der Waals surface area (Å²) in [7, 11) is -4.02. The molecule has 0 unspecified atom stereocenters. The molecule has 6 heteroatoms. The Balaban J connectivity index is 2.36. The fourth-order valence-corrected chi connectivity index (χ4v) is 9.11. The maximum atomic E-state index is 12.8. The maximum absolute atomic E-state index is 12.8. The van der Waals surface area contributed by atoms with E-state index in [9.17, 15) is 4.79 Å². The Bertz CT molecular complexity index is 912. The van der Waals surface area contributed by atoms with Gasteiger partial charge in [0.05, 0.1) is 21.3 Å². The molecule has 0 radical (unpaired) electrons. The van der Waals surface area contributed by atoms with Crippen molar-refractivity contribution in [2.24, 2.45) is 0 Å². The van der Waals surface area contributed by atoms with Gasteiger partial charge >= 0.3 is 5.97 Å². The van der Waals surface area contributed by atoms with E-state index in [-0.39, 0.29) is 18.3 Å². The highest BCUT2D eigenvalue weighted by molar-refractivity contribution is 6.99. The lowest BCUT2D eigenvalue weighted by molar-refractivity contribution is -0.157. The Morgan fingerprint density at radius 3 is 1.88 bits per heavy atom. The van der Waals surface area contributed by atoms with E-state index in [4.69, 9.17) is 13.9 Å². The van der Waals surface area contributed by atoms with Crippen molar-refractivity contribution in [2.45, 2.75) is 64.5 Å². The van der Waals surface area contributed by atoms with Gasteiger partial charge in [-0.3, -0.25) is 0 Å². The van der Waals surface area contributed by atoms with Crippen LogP contribution in [0.3, 0.4) is 0 Å². The molecule has 4 nitrogen and oxygen atoms in total. The SMILES string of the molecule is CCOC(=O)[C@H](CO[Si](c1ccccc1)(c1ccccc1)C(C)(C)C)OCC#CC[Si](C)(C)C. The van der Waals surface area contributed by atoms with Gasteiger partial charge in [0.2, 0.25) is 0 Å². The normalized spacial score (nSPS) is 13.0. The van der Waals surface area contributed by atoms with Gasteiger partial charge in [0.25, 0.3) is 8.32 Å². The molecule has 34 heavy (non-hydrogen) atoms. The summed E-state index contributed by atoms with van der Waals surface area (Å²) in [4.78, 5) is 12.8. The van der Waals surface area contributed by atoms with E-state index in [0.29, 0.717) is 6.61 Å². The minimum atomic E-state index is -2.78. The summed E-state index contributed by atoms with van der Waals surface area (Å²) in [6.45, 7) is 15.8. The minimum absolute atomic E-state index is 0.113. The van der Waals surface area contributed by atoms with Crippen LogP contribution in [0.2, 0.25) is 30.7 Å². The second kappa shape index (κ2) is 12.5. The second-order valence-electron chi connectivity index (χ2n) is 10.6. The fraction of sp³-hybridized carbons (Fsp3) is 0.464. The zero-order valence-electron chi connectivity index (χ0n) is 21.8. The van der Waals surface area contributed by atoms with Crippen LogP contribution in [0.25, 0.3) is 0 Å². The van der Waals surface area contributed by atoms with Crippen LogP contribution in [-0.2, 0) is 18.7 Å². The van der Waals surface area contributed by atoms with E-state index in [1.165, 1.54) is 0 Å². The lowest BCUT2D eigenvalue weighted by Gasteiger charge is -2.43. The van der Waals surface area contributed by atoms with Crippen LogP contribution in [0, 0.1) is 11.8 Å². The molecular weight excluding hydrogens is 456 g/mol. The smallest absolute Gasteiger partial charge is 0.337 e. The highest BCUT2D eigenvalue weighted by atomic mass is 28.4. The molecule has 0 heterocycles. The lowest BCUT2D eigenvalue weighted by Crippen LogP contribution is -2.67. The molecule has 0 saturated carbocycles. The second-order valence-corrected chi connectivity index (χ2v) is 20.4. The number of benzene rings is 2. The van der Waals surface area contributed by atoms with Crippen molar-refractivity contribution in [1.82, 2.24) is 0 Å². The van der Waals surface area contributed by atoms with Crippen molar-refractivity contribution in [1.29, 1.82) is 0 Å². The zero-order chi connectivity index (χ0) is 25.2. The standard InChI is InChI=1S/C28H40O4Si2/c1-8-30-27(29)26(31-21-15-16-22-33(5,6)7)23-32-34(28(2,3)4,24-17-11-9-12-18-24)25-19-13-10-14-20-25/h9-14,17-20,26H,8,21-23H2,1-7H3/t26-/m0/s1. The van der Waals surface area contributed by atoms with Gasteiger partial charge in [-0.15, -0.1) is 5.92 Å². The molecule has 0 aliphatic carbocycles. The van der Waals surface area contributed by atoms with Gasteiger partial charge in [0, 0.05) is 6.04 Å². The van der Waals surface area contributed by atoms with Gasteiger partial charge in [-0.05, 0) is 22.3 Å². The van der Waals surface area contributed by atoms with Crippen LogP contribution in [0.15, 0.2) is 60.7 Å². The molecule has 0 saturated heterocycles. The third-order valence-corrected chi connectivity index (χ3v) is 11.8. The van der Waals surface area contributed by atoms with Gasteiger partial charge in [0.15, 0.2) is 6.10 Å². The van der Waals surface area contributed by atoms with Crippen molar-refractivity contribution in [3.05, 3.63) is 60.7 Å². The van der Waals surface area contributed by atoms with Gasteiger partial charge < -0.3 is 13.9 Å². The first-order valence-corrected chi connectivity index (χ1v) is 17.6. The first kappa shape index (κ1) is 28.1. The van der Waals surface area contributed by atoms with Crippen LogP contribution < -0.4 is 10.4 Å². The largest absolute Gasteiger partial charge is 0.464 e. The Morgan fingerprint density at radius 1 is 0.912 bits per heavy atom. The third-order valence-electron chi connectivity index (χ3n) is 5.52. The Hall–Kier alpha value is -2.18. The summed E-state index contributed by atoms with van der Waals surface area (Å²) in [6, 6.07) is 21.6. The average Bonchev–Trinajstić information content (AvgIpc) is 2.77. The molecule has 0 aromatic heterocycles. The number of esters is 1. The average molecular weight is 497 g/mol. The van der Waals surface area contributed by atoms with Gasteiger partial charge in [-0.1, -0.05) is 107 Å². The predicted molar refractivity (Wildman–Crippen MR) is 146 cm³/mol. The molecule has 0 spiro atoms. The Morgan fingerprint density at radius 2 is 1.44 bits per heavy atom. The summed E-state index contributed by atoms with van der Waals surface area (Å²) in [5, 5.41) is 2.13. The molecule has 0 aliphatic rings. The lowest BCUT2D eigenvalue weighted by atomic mass is 10.2. The van der Waals surface area contributed by atoms with Crippen LogP contribution in [-0.4, -0.2) is 48.3 Å². The van der Waals surface area contributed by atoms with Gasteiger partial charge in [-0.2, -0.15) is 0 Å². The van der Waals surface area contributed by atoms with Gasteiger partial charge in [-0.25, -0.2) is 4.79 Å². The van der Waals surface area contributed by atoms with Crippen molar-refractivity contribution < 1.29 is 18.7 Å². The van der Waals surface area contributed by atoms with Gasteiger partial charge in [0.1, 0.15) is 6.61 Å². The third kappa shape index (κ3) is 7.67. The number of ether oxygens (including phenoxy) is 2. The first-order valence-electron chi connectivity index (χ1n) is 12.0. The quantitative estimate of drug-likeness (QED) is 0.268. The number of carbonyl (C=O) groups excluding carboxylic acids is 1. The predicted octanol–water partition coefficient (Wildman–Crippen LogP) is 4.85. The molecule has 2 aromatic carbocycles. The van der Waals surface area contributed by atoms with Crippen molar-refractivity contribution in [3.8, 4) is 11.8 Å². The molecule has 1 atom stereocenters. The van der Waals surface area contributed by atoms with Crippen LogP contribution >= 0.6 is 0 Å². The molecule has 2 aromatic rings. The number of rotatable bonds is 10. The maximum Gasteiger partial charge on any atom is 0.337 e. The molecular formula is C28H40O4Si2. The van der Waals surface area contributed by atoms with E-state index in [1.54, 1.807) is 6.92 Å². The number of carbonyl (C=O) groups is 1. The Labute approximate surface area is 208 Å². The molecule has 0 N–H and O–H groups in total. The van der Waals surface area contributed by atoms with Crippen molar-refractivity contribution >= 4 is 32.7 Å². The molecule has 2 rings (SSSR count). The Kier molecular flexibility index (Phi) is 10.3. The first-order chi connectivity index (χ1) is 16.0. The summed E-state index contributed by atoms with van der Waals surface area (Å²) in [5.41, 5.74) is 0. The molecule has 0 aliphatic heterocycles. The van der Waals surface area contributed by atoms with E-state index in [1.807, 2.05) is 36.4 Å². The van der Waals surface area contributed by atoms with Crippen molar-refractivity contribution in [3.63, 3.8) is 0 Å². The summed E-state index contributed by atoms with van der Waals surface area (Å²) < 4.78 is 18.1. The topological polar surface area (TPSA) is 44.8 Å². The fourth-order valence-electron chi connectivity index (χ4n) is 3.90. The van der Waals surface area contributed by atoms with E-state index in [2.05, 4.69) is 76.5 Å².